The molecular formula is C12H9N3O6. The highest BCUT2D eigenvalue weighted by Crippen LogP contribution is 2.28. The summed E-state index contributed by atoms with van der Waals surface area (Å²) in [7, 11) is 0. The Bertz CT molecular complexity index is 749. The fourth-order valence-electron chi connectivity index (χ4n) is 1.68. The summed E-state index contributed by atoms with van der Waals surface area (Å²) in [5, 5.41) is 34.4. The SMILES string of the molecule is Cc1noc(C=Cc2ccc(O)c([N+](=O)[O-])c2)c1[N+](=O)[O-]. The van der Waals surface area contributed by atoms with Gasteiger partial charge in [0.15, 0.2) is 11.4 Å². The van der Waals surface area contributed by atoms with E-state index >= 15 is 0 Å². The second-order valence-corrected chi connectivity index (χ2v) is 4.08. The lowest BCUT2D eigenvalue weighted by Gasteiger charge is -1.97. The monoisotopic (exact) mass is 291 g/mol. The molecule has 0 radical (unpaired) electrons. The second kappa shape index (κ2) is 5.41. The highest BCUT2D eigenvalue weighted by Gasteiger charge is 2.22. The number of rotatable bonds is 4. The van der Waals surface area contributed by atoms with Gasteiger partial charge in [0.1, 0.15) is 0 Å². The van der Waals surface area contributed by atoms with E-state index in [4.69, 9.17) is 4.52 Å². The van der Waals surface area contributed by atoms with E-state index in [1.807, 2.05) is 0 Å². The lowest BCUT2D eigenvalue weighted by atomic mass is 10.1. The van der Waals surface area contributed by atoms with E-state index in [1.54, 1.807) is 0 Å². The van der Waals surface area contributed by atoms with Gasteiger partial charge in [0.2, 0.25) is 5.76 Å². The Balaban J connectivity index is 2.36. The minimum atomic E-state index is -0.728. The molecule has 0 saturated carbocycles. The Hall–Kier alpha value is -3.23. The molecule has 0 aliphatic carbocycles. The molecule has 0 aliphatic heterocycles. The van der Waals surface area contributed by atoms with Crippen LogP contribution in [0.5, 0.6) is 5.75 Å². The van der Waals surface area contributed by atoms with E-state index in [2.05, 4.69) is 5.16 Å². The van der Waals surface area contributed by atoms with E-state index < -0.39 is 21.3 Å². The van der Waals surface area contributed by atoms with Crippen LogP contribution in [0, 0.1) is 27.2 Å². The number of hydrogen-bond donors (Lipinski definition) is 1. The molecule has 0 unspecified atom stereocenters. The van der Waals surface area contributed by atoms with Crippen LogP contribution < -0.4 is 0 Å². The van der Waals surface area contributed by atoms with Gasteiger partial charge in [-0.3, -0.25) is 20.2 Å². The molecule has 1 N–H and O–H groups in total. The summed E-state index contributed by atoms with van der Waals surface area (Å²) in [4.78, 5) is 20.2. The molecule has 2 aromatic rings. The molecule has 9 heteroatoms. The molecule has 108 valence electrons. The molecule has 0 fully saturated rings. The highest BCUT2D eigenvalue weighted by molar-refractivity contribution is 5.73. The van der Waals surface area contributed by atoms with Crippen molar-refractivity contribution < 1.29 is 19.5 Å². The quantitative estimate of drug-likeness (QED) is 0.676. The van der Waals surface area contributed by atoms with Crippen LogP contribution in [0.2, 0.25) is 0 Å². The molecule has 1 aromatic heterocycles. The zero-order chi connectivity index (χ0) is 15.6. The van der Waals surface area contributed by atoms with Gasteiger partial charge in [0, 0.05) is 6.07 Å². The molecule has 0 bridgehead atoms. The van der Waals surface area contributed by atoms with Gasteiger partial charge in [-0.1, -0.05) is 17.3 Å². The third-order valence-electron chi connectivity index (χ3n) is 2.66. The molecule has 21 heavy (non-hydrogen) atoms. The highest BCUT2D eigenvalue weighted by atomic mass is 16.6. The van der Waals surface area contributed by atoms with Crippen molar-refractivity contribution in [3.8, 4) is 5.75 Å². The van der Waals surface area contributed by atoms with Crippen LogP contribution in [-0.2, 0) is 0 Å². The lowest BCUT2D eigenvalue weighted by molar-refractivity contribution is -0.386. The second-order valence-electron chi connectivity index (χ2n) is 4.08. The van der Waals surface area contributed by atoms with E-state index in [1.165, 1.54) is 25.1 Å². The van der Waals surface area contributed by atoms with E-state index in [0.29, 0.717) is 5.56 Å². The van der Waals surface area contributed by atoms with Crippen molar-refractivity contribution in [1.82, 2.24) is 5.16 Å². The topological polar surface area (TPSA) is 133 Å². The molecule has 2 rings (SSSR count). The van der Waals surface area contributed by atoms with E-state index in [-0.39, 0.29) is 17.1 Å². The number of hydrogen-bond acceptors (Lipinski definition) is 7. The molecule has 0 atom stereocenters. The number of aromatic hydroxyl groups is 1. The maximum absolute atomic E-state index is 10.9. The van der Waals surface area contributed by atoms with Crippen LogP contribution in [0.3, 0.4) is 0 Å². The Morgan fingerprint density at radius 3 is 2.57 bits per heavy atom. The number of benzene rings is 1. The summed E-state index contributed by atoms with van der Waals surface area (Å²) in [6.07, 6.45) is 2.67. The van der Waals surface area contributed by atoms with Crippen molar-refractivity contribution in [3.63, 3.8) is 0 Å². The predicted molar refractivity (Wildman–Crippen MR) is 71.6 cm³/mol. The van der Waals surface area contributed by atoms with Crippen molar-refractivity contribution in [3.05, 3.63) is 55.4 Å². The van der Waals surface area contributed by atoms with Crippen LogP contribution in [0.15, 0.2) is 22.7 Å². The number of nitrogens with zero attached hydrogens (tertiary/aromatic N) is 3. The first-order valence-corrected chi connectivity index (χ1v) is 5.66. The summed E-state index contributed by atoms with van der Waals surface area (Å²) in [5.41, 5.74) is -0.209. The molecule has 0 amide bonds. The number of aromatic nitrogens is 1. The Morgan fingerprint density at radius 2 is 1.95 bits per heavy atom. The van der Waals surface area contributed by atoms with E-state index in [9.17, 15) is 25.3 Å². The average Bonchev–Trinajstić information content (AvgIpc) is 2.78. The summed E-state index contributed by atoms with van der Waals surface area (Å²) in [6, 6.07) is 3.73. The Labute approximate surface area is 117 Å². The third-order valence-corrected chi connectivity index (χ3v) is 2.66. The molecule has 0 spiro atoms. The molecule has 1 heterocycles. The molecule has 0 saturated heterocycles. The van der Waals surface area contributed by atoms with Crippen LogP contribution >= 0.6 is 0 Å². The number of nitro groups is 2. The van der Waals surface area contributed by atoms with E-state index in [0.717, 1.165) is 12.1 Å². The van der Waals surface area contributed by atoms with Crippen molar-refractivity contribution in [2.24, 2.45) is 0 Å². The normalized spacial score (nSPS) is 10.9. The van der Waals surface area contributed by atoms with Crippen molar-refractivity contribution >= 4 is 23.5 Å². The van der Waals surface area contributed by atoms with Gasteiger partial charge in [0.25, 0.3) is 0 Å². The molecule has 0 aliphatic rings. The molecular weight excluding hydrogens is 282 g/mol. The first-order chi connectivity index (χ1) is 9.90. The van der Waals surface area contributed by atoms with Gasteiger partial charge in [0.05, 0.1) is 9.85 Å². The number of phenols is 1. The van der Waals surface area contributed by atoms with Crippen LogP contribution in [0.1, 0.15) is 17.0 Å². The van der Waals surface area contributed by atoms with Crippen molar-refractivity contribution in [2.45, 2.75) is 6.92 Å². The smallest absolute Gasteiger partial charge is 0.338 e. The fraction of sp³-hybridized carbons (Fsp3) is 0.0833. The molecule has 9 nitrogen and oxygen atoms in total. The number of aryl methyl sites for hydroxylation is 1. The summed E-state index contributed by atoms with van der Waals surface area (Å²) >= 11 is 0. The maximum atomic E-state index is 10.9. The van der Waals surface area contributed by atoms with Gasteiger partial charge >= 0.3 is 11.4 Å². The zero-order valence-electron chi connectivity index (χ0n) is 10.7. The minimum absolute atomic E-state index is 0.0618. The Kier molecular flexibility index (Phi) is 3.65. The number of nitro benzene ring substituents is 1. The largest absolute Gasteiger partial charge is 0.502 e. The molecule has 1 aromatic carbocycles. The lowest BCUT2D eigenvalue weighted by Crippen LogP contribution is -1.90. The maximum Gasteiger partial charge on any atom is 0.338 e. The van der Waals surface area contributed by atoms with Crippen molar-refractivity contribution in [2.75, 3.05) is 0 Å². The summed E-state index contributed by atoms with van der Waals surface area (Å²) in [5.74, 6) is -0.521. The summed E-state index contributed by atoms with van der Waals surface area (Å²) < 4.78 is 4.82. The third kappa shape index (κ3) is 2.86. The van der Waals surface area contributed by atoms with Crippen LogP contribution in [0.4, 0.5) is 11.4 Å². The van der Waals surface area contributed by atoms with Gasteiger partial charge < -0.3 is 9.63 Å². The average molecular weight is 291 g/mol. The summed E-state index contributed by atoms with van der Waals surface area (Å²) in [6.45, 7) is 1.43. The predicted octanol–water partition coefficient (Wildman–Crippen LogP) is 2.68. The first kappa shape index (κ1) is 14.2. The minimum Gasteiger partial charge on any atom is -0.502 e. The van der Waals surface area contributed by atoms with Gasteiger partial charge in [-0.05, 0) is 24.6 Å². The van der Waals surface area contributed by atoms with Gasteiger partial charge in [-0.2, -0.15) is 0 Å². The number of phenolic OH excluding ortho intramolecular Hbond substituents is 1. The fourth-order valence-corrected chi connectivity index (χ4v) is 1.68. The van der Waals surface area contributed by atoms with Gasteiger partial charge in [-0.25, -0.2) is 0 Å². The van der Waals surface area contributed by atoms with Gasteiger partial charge in [-0.15, -0.1) is 0 Å². The standard InChI is InChI=1S/C12H9N3O6/c1-7-12(15(19)20)11(21-13-7)5-3-8-2-4-10(16)9(6-8)14(17)18/h2-6,16H,1H3. The zero-order valence-corrected chi connectivity index (χ0v) is 10.7. The Morgan fingerprint density at radius 1 is 1.24 bits per heavy atom. The first-order valence-electron chi connectivity index (χ1n) is 5.66. The van der Waals surface area contributed by atoms with Crippen LogP contribution in [0.25, 0.3) is 12.2 Å². The van der Waals surface area contributed by atoms with Crippen molar-refractivity contribution in [1.29, 1.82) is 0 Å². The van der Waals surface area contributed by atoms with Crippen LogP contribution in [-0.4, -0.2) is 20.1 Å².